The minimum atomic E-state index is 0.907. The fraction of sp³-hybridized carbons (Fsp3) is 0. The summed E-state index contributed by atoms with van der Waals surface area (Å²) in [6, 6.07) is 72.7. The van der Waals surface area contributed by atoms with Gasteiger partial charge < -0.3 is 0 Å². The number of nitrogens with zero attached hydrogens (tertiary/aromatic N) is 4. The molecule has 0 bridgehead atoms. The van der Waals surface area contributed by atoms with Crippen LogP contribution in [0.15, 0.2) is 206 Å². The first-order chi connectivity index (χ1) is 26.8. The summed E-state index contributed by atoms with van der Waals surface area (Å²) < 4.78 is 4.53. The van der Waals surface area contributed by atoms with E-state index < -0.39 is 0 Å². The van der Waals surface area contributed by atoms with Gasteiger partial charge in [0, 0.05) is 22.5 Å². The Labute approximate surface area is 313 Å². The van der Waals surface area contributed by atoms with Gasteiger partial charge in [-0.25, -0.2) is 9.97 Å². The third-order valence-electron chi connectivity index (χ3n) is 10.2. The zero-order chi connectivity index (χ0) is 35.8. The van der Waals surface area contributed by atoms with E-state index >= 15 is 0 Å². The van der Waals surface area contributed by atoms with E-state index in [1.165, 1.54) is 0 Å². The number of para-hydroxylation sites is 6. The normalized spacial score (nSPS) is 11.3. The Hall–Kier alpha value is -7.30. The van der Waals surface area contributed by atoms with Crippen molar-refractivity contribution in [2.75, 3.05) is 0 Å². The molecule has 10 rings (SSSR count). The van der Waals surface area contributed by atoms with E-state index in [4.69, 9.17) is 9.97 Å². The highest BCUT2D eigenvalue weighted by atomic mass is 15.1. The van der Waals surface area contributed by atoms with E-state index in [2.05, 4.69) is 215 Å². The predicted molar refractivity (Wildman–Crippen MR) is 223 cm³/mol. The SMILES string of the molecule is c1ccc(-c2cc(-c3nc4ccccc4n3-c3ccccc3)ccc2-c2ccc(-c3nc4ccccc4n3-c3ccccc3)cc2-c2ccccc2)cc1. The highest BCUT2D eigenvalue weighted by Crippen LogP contribution is 2.43. The van der Waals surface area contributed by atoms with Gasteiger partial charge in [0.25, 0.3) is 0 Å². The minimum absolute atomic E-state index is 0.907. The van der Waals surface area contributed by atoms with Gasteiger partial charge in [0.05, 0.1) is 22.1 Å². The number of hydrogen-bond acceptors (Lipinski definition) is 2. The molecule has 0 atom stereocenters. The summed E-state index contributed by atoms with van der Waals surface area (Å²) in [7, 11) is 0. The molecule has 0 aliphatic rings. The summed E-state index contributed by atoms with van der Waals surface area (Å²) in [5, 5.41) is 0. The first kappa shape index (κ1) is 31.4. The van der Waals surface area contributed by atoms with E-state index in [-0.39, 0.29) is 0 Å². The number of fused-ring (bicyclic) bond motifs is 2. The lowest BCUT2D eigenvalue weighted by molar-refractivity contribution is 1.10. The number of imidazole rings is 2. The van der Waals surface area contributed by atoms with Crippen LogP contribution in [0, 0.1) is 0 Å². The van der Waals surface area contributed by atoms with Crippen LogP contribution in [0.2, 0.25) is 0 Å². The number of aromatic nitrogens is 4. The topological polar surface area (TPSA) is 35.6 Å². The Balaban J connectivity index is 1.20. The average Bonchev–Trinajstić information content (AvgIpc) is 3.84. The number of hydrogen-bond donors (Lipinski definition) is 0. The molecule has 0 saturated carbocycles. The van der Waals surface area contributed by atoms with E-state index in [0.717, 1.165) is 89.6 Å². The Bertz CT molecular complexity index is 2710. The molecule has 4 nitrogen and oxygen atoms in total. The van der Waals surface area contributed by atoms with Crippen molar-refractivity contribution in [3.05, 3.63) is 206 Å². The zero-order valence-corrected chi connectivity index (χ0v) is 29.4. The highest BCUT2D eigenvalue weighted by Gasteiger charge is 2.21. The molecule has 0 aliphatic heterocycles. The maximum Gasteiger partial charge on any atom is 0.145 e. The summed E-state index contributed by atoms with van der Waals surface area (Å²) in [5.74, 6) is 1.81. The Morgan fingerprint density at radius 2 is 0.630 bits per heavy atom. The van der Waals surface area contributed by atoms with Crippen molar-refractivity contribution >= 4 is 22.1 Å². The predicted octanol–water partition coefficient (Wildman–Crippen LogP) is 12.7. The second-order valence-corrected chi connectivity index (χ2v) is 13.4. The monoisotopic (exact) mass is 690 g/mol. The molecule has 0 radical (unpaired) electrons. The summed E-state index contributed by atoms with van der Waals surface area (Å²) >= 11 is 0. The van der Waals surface area contributed by atoms with Crippen molar-refractivity contribution in [3.8, 4) is 67.5 Å². The lowest BCUT2D eigenvalue weighted by Crippen LogP contribution is -1.99. The van der Waals surface area contributed by atoms with Crippen molar-refractivity contribution in [1.82, 2.24) is 19.1 Å². The summed E-state index contributed by atoms with van der Waals surface area (Å²) in [5.41, 5.74) is 15.2. The third kappa shape index (κ3) is 5.49. The maximum atomic E-state index is 5.21. The maximum absolute atomic E-state index is 5.21. The smallest absolute Gasteiger partial charge is 0.145 e. The second kappa shape index (κ2) is 13.4. The van der Waals surface area contributed by atoms with Gasteiger partial charge in [-0.05, 0) is 94.0 Å². The van der Waals surface area contributed by atoms with E-state index in [9.17, 15) is 0 Å². The largest absolute Gasteiger partial charge is 0.292 e. The average molecular weight is 691 g/mol. The van der Waals surface area contributed by atoms with Crippen LogP contribution >= 0.6 is 0 Å². The van der Waals surface area contributed by atoms with Crippen molar-refractivity contribution in [2.24, 2.45) is 0 Å². The van der Waals surface area contributed by atoms with Crippen molar-refractivity contribution in [2.45, 2.75) is 0 Å². The first-order valence-electron chi connectivity index (χ1n) is 18.3. The highest BCUT2D eigenvalue weighted by molar-refractivity contribution is 5.96. The molecule has 54 heavy (non-hydrogen) atoms. The molecule has 0 fully saturated rings. The fourth-order valence-electron chi connectivity index (χ4n) is 7.67. The number of benzene rings is 8. The molecule has 0 unspecified atom stereocenters. The van der Waals surface area contributed by atoms with Crippen LogP contribution in [-0.4, -0.2) is 19.1 Å². The summed E-state index contributed by atoms with van der Waals surface area (Å²) in [4.78, 5) is 10.4. The van der Waals surface area contributed by atoms with Crippen LogP contribution in [0.5, 0.6) is 0 Å². The fourth-order valence-corrected chi connectivity index (χ4v) is 7.67. The van der Waals surface area contributed by atoms with Gasteiger partial charge >= 0.3 is 0 Å². The first-order valence-corrected chi connectivity index (χ1v) is 18.3. The molecule has 8 aromatic carbocycles. The van der Waals surface area contributed by atoms with Crippen LogP contribution in [0.3, 0.4) is 0 Å². The molecule has 0 saturated heterocycles. The second-order valence-electron chi connectivity index (χ2n) is 13.4. The quantitative estimate of drug-likeness (QED) is 0.167. The molecule has 0 amide bonds. The Morgan fingerprint density at radius 3 is 1.04 bits per heavy atom. The molecule has 0 N–H and O–H groups in total. The standard InChI is InChI=1S/C50H34N4/c1-5-17-35(18-6-1)43-33-37(49-51-45-25-13-15-27-47(45)53(49)39-21-9-3-10-22-39)29-31-41(43)42-32-30-38(34-44(42)36-19-7-2-8-20-36)50-52-46-26-14-16-28-48(46)54(50)40-23-11-4-12-24-40/h1-34H. The van der Waals surface area contributed by atoms with Gasteiger partial charge in [-0.1, -0.05) is 146 Å². The van der Waals surface area contributed by atoms with Gasteiger partial charge in [0.15, 0.2) is 0 Å². The van der Waals surface area contributed by atoms with Crippen molar-refractivity contribution in [3.63, 3.8) is 0 Å². The van der Waals surface area contributed by atoms with Gasteiger partial charge in [-0.15, -0.1) is 0 Å². The molecule has 2 heterocycles. The minimum Gasteiger partial charge on any atom is -0.292 e. The molecule has 10 aromatic rings. The van der Waals surface area contributed by atoms with Crippen LogP contribution in [0.25, 0.3) is 89.6 Å². The summed E-state index contributed by atoms with van der Waals surface area (Å²) in [6.07, 6.45) is 0. The Morgan fingerprint density at radius 1 is 0.278 bits per heavy atom. The lowest BCUT2D eigenvalue weighted by atomic mass is 9.87. The van der Waals surface area contributed by atoms with E-state index in [1.54, 1.807) is 0 Å². The molecule has 2 aromatic heterocycles. The van der Waals surface area contributed by atoms with E-state index in [0.29, 0.717) is 0 Å². The lowest BCUT2D eigenvalue weighted by Gasteiger charge is -2.18. The van der Waals surface area contributed by atoms with Gasteiger partial charge in [-0.3, -0.25) is 9.13 Å². The van der Waals surface area contributed by atoms with Gasteiger partial charge in [-0.2, -0.15) is 0 Å². The molecule has 0 aliphatic carbocycles. The molecule has 4 heteroatoms. The van der Waals surface area contributed by atoms with Gasteiger partial charge in [0.1, 0.15) is 11.6 Å². The van der Waals surface area contributed by atoms with Crippen LogP contribution in [-0.2, 0) is 0 Å². The van der Waals surface area contributed by atoms with Crippen LogP contribution in [0.1, 0.15) is 0 Å². The zero-order valence-electron chi connectivity index (χ0n) is 29.4. The third-order valence-corrected chi connectivity index (χ3v) is 10.2. The number of rotatable bonds is 7. The molecule has 0 spiro atoms. The molecular formula is C50H34N4. The summed E-state index contributed by atoms with van der Waals surface area (Å²) in [6.45, 7) is 0. The van der Waals surface area contributed by atoms with Crippen LogP contribution < -0.4 is 0 Å². The molecule has 254 valence electrons. The Kier molecular flexibility index (Phi) is 7.77. The van der Waals surface area contributed by atoms with Gasteiger partial charge in [0.2, 0.25) is 0 Å². The van der Waals surface area contributed by atoms with E-state index in [1.807, 2.05) is 0 Å². The van der Waals surface area contributed by atoms with Crippen molar-refractivity contribution < 1.29 is 0 Å². The van der Waals surface area contributed by atoms with Crippen LogP contribution in [0.4, 0.5) is 0 Å². The van der Waals surface area contributed by atoms with Crippen molar-refractivity contribution in [1.29, 1.82) is 0 Å². The molecular weight excluding hydrogens is 657 g/mol.